The van der Waals surface area contributed by atoms with E-state index in [2.05, 4.69) is 25.2 Å². The first-order valence-corrected chi connectivity index (χ1v) is 8.45. The van der Waals surface area contributed by atoms with Crippen molar-refractivity contribution in [1.29, 1.82) is 0 Å². The lowest BCUT2D eigenvalue weighted by Crippen LogP contribution is -2.23. The molecule has 1 N–H and O–H groups in total. The monoisotopic (exact) mass is 337 g/mol. The Morgan fingerprint density at radius 2 is 2.00 bits per heavy atom. The highest BCUT2D eigenvalue weighted by molar-refractivity contribution is 5.94. The first-order chi connectivity index (χ1) is 12.1. The van der Waals surface area contributed by atoms with E-state index in [-0.39, 0.29) is 5.91 Å². The molecule has 0 spiro atoms. The van der Waals surface area contributed by atoms with Gasteiger partial charge in [0, 0.05) is 17.5 Å². The lowest BCUT2D eigenvalue weighted by atomic mass is 10.2. The van der Waals surface area contributed by atoms with Gasteiger partial charge in [0.25, 0.3) is 5.91 Å². The van der Waals surface area contributed by atoms with Crippen LogP contribution in [0.15, 0.2) is 48.5 Å². The number of carbonyl (C=O) groups excluding carboxylic acids is 1. The van der Waals surface area contributed by atoms with Gasteiger partial charge in [-0.05, 0) is 30.2 Å². The van der Waals surface area contributed by atoms with Gasteiger partial charge in [-0.25, -0.2) is 0 Å². The van der Waals surface area contributed by atoms with E-state index < -0.39 is 0 Å². The van der Waals surface area contributed by atoms with E-state index in [1.807, 2.05) is 28.9 Å². The minimum atomic E-state index is -0.138. The molecule has 1 aromatic heterocycles. The molecule has 0 saturated heterocycles. The zero-order valence-corrected chi connectivity index (χ0v) is 14.8. The number of nitrogens with zero attached hydrogens (tertiary/aromatic N) is 2. The lowest BCUT2D eigenvalue weighted by Gasteiger charge is -2.06. The summed E-state index contributed by atoms with van der Waals surface area (Å²) in [5.41, 5.74) is 2.56. The summed E-state index contributed by atoms with van der Waals surface area (Å²) in [5.74, 6) is 1.03. The molecule has 2 aromatic carbocycles. The van der Waals surface area contributed by atoms with Crippen LogP contribution in [0.5, 0.6) is 5.75 Å². The topological polar surface area (TPSA) is 56.1 Å². The van der Waals surface area contributed by atoms with Crippen LogP contribution in [0.4, 0.5) is 0 Å². The van der Waals surface area contributed by atoms with Crippen LogP contribution >= 0.6 is 0 Å². The molecule has 3 aromatic rings. The maximum Gasteiger partial charge on any atom is 0.251 e. The van der Waals surface area contributed by atoms with Crippen molar-refractivity contribution in [2.75, 3.05) is 7.11 Å². The van der Waals surface area contributed by atoms with Gasteiger partial charge < -0.3 is 10.1 Å². The molecule has 3 rings (SSSR count). The molecule has 1 heterocycles. The van der Waals surface area contributed by atoms with Crippen LogP contribution in [0.25, 0.3) is 10.9 Å². The molecule has 0 aliphatic rings. The summed E-state index contributed by atoms with van der Waals surface area (Å²) in [6.45, 7) is 5.58. The third-order valence-electron chi connectivity index (χ3n) is 4.02. The molecule has 0 fully saturated rings. The number of nitrogens with one attached hydrogen (secondary N) is 1. The first kappa shape index (κ1) is 17.0. The van der Waals surface area contributed by atoms with Gasteiger partial charge in [0.1, 0.15) is 5.75 Å². The highest BCUT2D eigenvalue weighted by atomic mass is 16.5. The number of para-hydroxylation sites is 1. The Hall–Kier alpha value is -2.82. The van der Waals surface area contributed by atoms with Gasteiger partial charge in [0.2, 0.25) is 0 Å². The highest BCUT2D eigenvalue weighted by Crippen LogP contribution is 2.20. The van der Waals surface area contributed by atoms with Gasteiger partial charge in [-0.3, -0.25) is 9.48 Å². The SMILES string of the molecule is COc1cccc(C(=O)NCc2nn(CC(C)C)c3ccccc23)c1. The minimum absolute atomic E-state index is 0.138. The van der Waals surface area contributed by atoms with Gasteiger partial charge in [-0.1, -0.05) is 38.1 Å². The van der Waals surface area contributed by atoms with Crippen LogP contribution in [0.2, 0.25) is 0 Å². The number of ether oxygens (including phenoxy) is 1. The molecule has 5 nitrogen and oxygen atoms in total. The van der Waals surface area contributed by atoms with E-state index in [1.54, 1.807) is 25.3 Å². The molecule has 0 unspecified atom stereocenters. The van der Waals surface area contributed by atoms with Crippen LogP contribution in [0, 0.1) is 5.92 Å². The summed E-state index contributed by atoms with van der Waals surface area (Å²) in [7, 11) is 1.59. The van der Waals surface area contributed by atoms with Crippen LogP contribution in [-0.4, -0.2) is 22.8 Å². The Labute approximate surface area is 147 Å². The number of benzene rings is 2. The summed E-state index contributed by atoms with van der Waals surface area (Å²) >= 11 is 0. The van der Waals surface area contributed by atoms with Gasteiger partial charge in [-0.15, -0.1) is 0 Å². The minimum Gasteiger partial charge on any atom is -0.497 e. The summed E-state index contributed by atoms with van der Waals surface area (Å²) < 4.78 is 7.19. The Kier molecular flexibility index (Phi) is 5.03. The molecule has 130 valence electrons. The fourth-order valence-electron chi connectivity index (χ4n) is 2.84. The molecule has 0 bridgehead atoms. The molecule has 25 heavy (non-hydrogen) atoms. The van der Waals surface area contributed by atoms with Crippen LogP contribution in [-0.2, 0) is 13.1 Å². The summed E-state index contributed by atoms with van der Waals surface area (Å²) in [4.78, 5) is 12.4. The second kappa shape index (κ2) is 7.38. The second-order valence-electron chi connectivity index (χ2n) is 6.45. The van der Waals surface area contributed by atoms with Crippen molar-refractivity contribution in [3.63, 3.8) is 0 Å². The Bertz CT molecular complexity index is 884. The third kappa shape index (κ3) is 3.82. The number of methoxy groups -OCH3 is 1. The lowest BCUT2D eigenvalue weighted by molar-refractivity contribution is 0.0950. The summed E-state index contributed by atoms with van der Waals surface area (Å²) in [6.07, 6.45) is 0. The van der Waals surface area contributed by atoms with Crippen molar-refractivity contribution in [2.24, 2.45) is 5.92 Å². The van der Waals surface area contributed by atoms with Gasteiger partial charge in [0.15, 0.2) is 0 Å². The number of fused-ring (bicyclic) bond motifs is 1. The highest BCUT2D eigenvalue weighted by Gasteiger charge is 2.13. The number of carbonyl (C=O) groups is 1. The Morgan fingerprint density at radius 3 is 2.76 bits per heavy atom. The third-order valence-corrected chi connectivity index (χ3v) is 4.02. The molecule has 0 radical (unpaired) electrons. The molecular formula is C20H23N3O2. The van der Waals surface area contributed by atoms with Gasteiger partial charge >= 0.3 is 0 Å². The predicted molar refractivity (Wildman–Crippen MR) is 98.7 cm³/mol. The zero-order valence-electron chi connectivity index (χ0n) is 14.8. The fraction of sp³-hybridized carbons (Fsp3) is 0.300. The molecule has 0 saturated carbocycles. The van der Waals surface area contributed by atoms with Crippen molar-refractivity contribution in [2.45, 2.75) is 26.9 Å². The maximum atomic E-state index is 12.4. The number of hydrogen-bond donors (Lipinski definition) is 1. The van der Waals surface area contributed by atoms with Crippen LogP contribution in [0.3, 0.4) is 0 Å². The number of amides is 1. The van der Waals surface area contributed by atoms with Gasteiger partial charge in [0.05, 0.1) is 24.9 Å². The average Bonchev–Trinajstić information content (AvgIpc) is 2.97. The molecule has 0 aliphatic heterocycles. The number of hydrogen-bond acceptors (Lipinski definition) is 3. The van der Waals surface area contributed by atoms with Crippen molar-refractivity contribution < 1.29 is 9.53 Å². The predicted octanol–water partition coefficient (Wildman–Crippen LogP) is 3.63. The van der Waals surface area contributed by atoms with Crippen LogP contribution in [0.1, 0.15) is 29.9 Å². The van der Waals surface area contributed by atoms with Crippen molar-refractivity contribution in [1.82, 2.24) is 15.1 Å². The maximum absolute atomic E-state index is 12.4. The largest absolute Gasteiger partial charge is 0.497 e. The quantitative estimate of drug-likeness (QED) is 0.747. The smallest absolute Gasteiger partial charge is 0.251 e. The van der Waals surface area contributed by atoms with E-state index >= 15 is 0 Å². The van der Waals surface area contributed by atoms with Gasteiger partial charge in [-0.2, -0.15) is 5.10 Å². The number of aromatic nitrogens is 2. The number of rotatable bonds is 6. The van der Waals surface area contributed by atoms with E-state index in [0.29, 0.717) is 23.8 Å². The van der Waals surface area contributed by atoms with Crippen molar-refractivity contribution in [3.8, 4) is 5.75 Å². The molecule has 5 heteroatoms. The van der Waals surface area contributed by atoms with E-state index in [9.17, 15) is 4.79 Å². The standard InChI is InChI=1S/C20H23N3O2/c1-14(2)13-23-19-10-5-4-9-17(19)18(22-23)12-21-20(24)15-7-6-8-16(11-15)25-3/h4-11,14H,12-13H2,1-3H3,(H,21,24). The molecule has 0 atom stereocenters. The fourth-order valence-corrected chi connectivity index (χ4v) is 2.84. The van der Waals surface area contributed by atoms with Crippen molar-refractivity contribution >= 4 is 16.8 Å². The van der Waals surface area contributed by atoms with E-state index in [1.165, 1.54) is 0 Å². The van der Waals surface area contributed by atoms with Crippen molar-refractivity contribution in [3.05, 3.63) is 59.8 Å². The van der Waals surface area contributed by atoms with E-state index in [0.717, 1.165) is 23.1 Å². The second-order valence-corrected chi connectivity index (χ2v) is 6.45. The molecule has 1 amide bonds. The summed E-state index contributed by atoms with van der Waals surface area (Å²) in [5, 5.41) is 8.74. The summed E-state index contributed by atoms with van der Waals surface area (Å²) in [6, 6.07) is 15.2. The Balaban J connectivity index is 1.79. The first-order valence-electron chi connectivity index (χ1n) is 8.45. The Morgan fingerprint density at radius 1 is 1.20 bits per heavy atom. The molecular weight excluding hydrogens is 314 g/mol. The van der Waals surface area contributed by atoms with Crippen LogP contribution < -0.4 is 10.1 Å². The molecule has 0 aliphatic carbocycles. The van der Waals surface area contributed by atoms with E-state index in [4.69, 9.17) is 9.84 Å². The zero-order chi connectivity index (χ0) is 17.8. The average molecular weight is 337 g/mol. The normalized spacial score (nSPS) is 11.0.